The SMILES string of the molecule is COCP(=O)(NC(C)C(=O)O)Oc1ccc(CO)cc1. The number of aliphatic hydroxyl groups is 1. The summed E-state index contributed by atoms with van der Waals surface area (Å²) in [4.78, 5) is 10.8. The van der Waals surface area contributed by atoms with Gasteiger partial charge < -0.3 is 19.5 Å². The zero-order valence-corrected chi connectivity index (χ0v) is 12.2. The number of carboxylic acid groups (broad SMARTS) is 1. The van der Waals surface area contributed by atoms with E-state index in [4.69, 9.17) is 19.5 Å². The molecule has 1 aromatic rings. The molecule has 0 amide bonds. The van der Waals surface area contributed by atoms with Gasteiger partial charge in [0.25, 0.3) is 0 Å². The Bertz CT molecular complexity index is 489. The largest absolute Gasteiger partial charge is 0.480 e. The lowest BCUT2D eigenvalue weighted by Gasteiger charge is -2.21. The lowest BCUT2D eigenvalue weighted by Crippen LogP contribution is -2.33. The lowest BCUT2D eigenvalue weighted by molar-refractivity contribution is -0.138. The standard InChI is InChI=1S/C12H18NO6P/c1-9(12(15)16)13-20(17,8-18-2)19-11-5-3-10(7-14)4-6-11/h3-6,9,14H,7-8H2,1-2H3,(H,13,17)(H,15,16). The Morgan fingerprint density at radius 2 is 2.00 bits per heavy atom. The molecule has 1 aromatic carbocycles. The lowest BCUT2D eigenvalue weighted by atomic mass is 10.2. The van der Waals surface area contributed by atoms with E-state index >= 15 is 0 Å². The highest BCUT2D eigenvalue weighted by Gasteiger charge is 2.29. The Morgan fingerprint density at radius 3 is 2.45 bits per heavy atom. The van der Waals surface area contributed by atoms with E-state index < -0.39 is 19.5 Å². The van der Waals surface area contributed by atoms with Crippen LogP contribution in [0.4, 0.5) is 0 Å². The summed E-state index contributed by atoms with van der Waals surface area (Å²) >= 11 is 0. The molecule has 0 saturated carbocycles. The monoisotopic (exact) mass is 303 g/mol. The molecule has 2 unspecified atom stereocenters. The summed E-state index contributed by atoms with van der Waals surface area (Å²) in [5.41, 5.74) is 0.686. The van der Waals surface area contributed by atoms with Gasteiger partial charge in [0, 0.05) is 7.11 Å². The van der Waals surface area contributed by atoms with Crippen molar-refractivity contribution < 1.29 is 28.8 Å². The number of carboxylic acids is 1. The third-order valence-electron chi connectivity index (χ3n) is 2.42. The molecule has 1 rings (SSSR count). The van der Waals surface area contributed by atoms with E-state index in [1.165, 1.54) is 14.0 Å². The highest BCUT2D eigenvalue weighted by molar-refractivity contribution is 7.57. The molecule has 7 nitrogen and oxygen atoms in total. The summed E-state index contributed by atoms with van der Waals surface area (Å²) in [6, 6.07) is 5.29. The van der Waals surface area contributed by atoms with E-state index in [0.29, 0.717) is 11.3 Å². The molecule has 0 saturated heterocycles. The van der Waals surface area contributed by atoms with E-state index in [1.54, 1.807) is 24.3 Å². The number of carbonyl (C=O) groups is 1. The number of aliphatic carboxylic acids is 1. The summed E-state index contributed by atoms with van der Waals surface area (Å²) in [5, 5.41) is 20.2. The van der Waals surface area contributed by atoms with Gasteiger partial charge in [0.05, 0.1) is 6.61 Å². The first-order valence-electron chi connectivity index (χ1n) is 5.88. The third-order valence-corrected chi connectivity index (χ3v) is 4.30. The molecule has 3 N–H and O–H groups in total. The van der Waals surface area contributed by atoms with Gasteiger partial charge >= 0.3 is 13.5 Å². The van der Waals surface area contributed by atoms with Gasteiger partial charge in [-0.1, -0.05) is 12.1 Å². The number of hydrogen-bond donors (Lipinski definition) is 3. The molecule has 0 aliphatic carbocycles. The van der Waals surface area contributed by atoms with Crippen molar-refractivity contribution in [3.8, 4) is 5.75 Å². The molecule has 8 heteroatoms. The molecule has 0 aliphatic heterocycles. The quantitative estimate of drug-likeness (QED) is 0.624. The minimum Gasteiger partial charge on any atom is -0.480 e. The van der Waals surface area contributed by atoms with Crippen LogP contribution in [0.2, 0.25) is 0 Å². The number of nitrogens with one attached hydrogen (secondary N) is 1. The Balaban J connectivity index is 2.84. The summed E-state index contributed by atoms with van der Waals surface area (Å²) < 4.78 is 22.6. The molecule has 0 heterocycles. The van der Waals surface area contributed by atoms with Crippen LogP contribution in [-0.4, -0.2) is 35.7 Å². The number of hydrogen-bond acceptors (Lipinski definition) is 5. The van der Waals surface area contributed by atoms with Crippen LogP contribution in [0.1, 0.15) is 12.5 Å². The first kappa shape index (κ1) is 16.7. The Labute approximate surface area is 117 Å². The molecule has 0 spiro atoms. The van der Waals surface area contributed by atoms with Crippen molar-refractivity contribution in [1.82, 2.24) is 5.09 Å². The predicted molar refractivity (Wildman–Crippen MR) is 72.7 cm³/mol. The van der Waals surface area contributed by atoms with Crippen LogP contribution >= 0.6 is 7.52 Å². The second-order valence-electron chi connectivity index (χ2n) is 4.17. The first-order chi connectivity index (χ1) is 9.40. The van der Waals surface area contributed by atoms with E-state index in [-0.39, 0.29) is 13.0 Å². The summed E-state index contributed by atoms with van der Waals surface area (Å²) in [7, 11) is -2.15. The Kier molecular flexibility index (Phi) is 6.16. The van der Waals surface area contributed by atoms with Gasteiger partial charge in [0.1, 0.15) is 18.1 Å². The van der Waals surface area contributed by atoms with Crippen LogP contribution in [0.15, 0.2) is 24.3 Å². The molecule has 0 aliphatic rings. The van der Waals surface area contributed by atoms with Crippen LogP contribution in [0.5, 0.6) is 5.75 Å². The fourth-order valence-corrected chi connectivity index (χ4v) is 3.12. The fraction of sp³-hybridized carbons (Fsp3) is 0.417. The normalized spacial score (nSPS) is 15.3. The van der Waals surface area contributed by atoms with E-state index in [0.717, 1.165) is 0 Å². The molecule has 112 valence electrons. The summed E-state index contributed by atoms with van der Waals surface area (Å²) in [6.07, 6.45) is -0.258. The van der Waals surface area contributed by atoms with E-state index in [2.05, 4.69) is 5.09 Å². The molecule has 0 aromatic heterocycles. The van der Waals surface area contributed by atoms with E-state index in [9.17, 15) is 9.36 Å². The molecule has 20 heavy (non-hydrogen) atoms. The van der Waals surface area contributed by atoms with Gasteiger partial charge in [0.2, 0.25) is 0 Å². The predicted octanol–water partition coefficient (Wildman–Crippen LogP) is 1.42. The molecule has 2 atom stereocenters. The average molecular weight is 303 g/mol. The number of aliphatic hydroxyl groups excluding tert-OH is 1. The Hall–Kier alpha value is -1.40. The minimum absolute atomic E-state index is 0.107. The zero-order valence-electron chi connectivity index (χ0n) is 11.3. The number of methoxy groups -OCH3 is 1. The summed E-state index contributed by atoms with van der Waals surface area (Å²) in [6.45, 7) is 1.26. The number of ether oxygens (including phenoxy) is 1. The van der Waals surface area contributed by atoms with Crippen molar-refractivity contribution >= 4 is 13.5 Å². The van der Waals surface area contributed by atoms with Crippen molar-refractivity contribution in [3.63, 3.8) is 0 Å². The first-order valence-corrected chi connectivity index (χ1v) is 7.69. The molecular formula is C12H18NO6P. The van der Waals surface area contributed by atoms with Crippen molar-refractivity contribution in [2.75, 3.05) is 13.5 Å². The van der Waals surface area contributed by atoms with Gasteiger partial charge in [-0.05, 0) is 24.6 Å². The number of rotatable bonds is 8. The van der Waals surface area contributed by atoms with Gasteiger partial charge in [-0.25, -0.2) is 5.09 Å². The van der Waals surface area contributed by atoms with Gasteiger partial charge in [0.15, 0.2) is 0 Å². The fourth-order valence-electron chi connectivity index (χ4n) is 1.44. The van der Waals surface area contributed by atoms with Gasteiger partial charge in [-0.2, -0.15) is 0 Å². The topological polar surface area (TPSA) is 105 Å². The maximum absolute atomic E-state index is 12.5. The van der Waals surface area contributed by atoms with Gasteiger partial charge in [-0.3, -0.25) is 9.36 Å². The van der Waals surface area contributed by atoms with Crippen molar-refractivity contribution in [2.45, 2.75) is 19.6 Å². The van der Waals surface area contributed by atoms with E-state index in [1.807, 2.05) is 0 Å². The second kappa shape index (κ2) is 7.40. The maximum atomic E-state index is 12.5. The van der Waals surface area contributed by atoms with Crippen LogP contribution in [-0.2, 0) is 20.7 Å². The van der Waals surface area contributed by atoms with Crippen molar-refractivity contribution in [2.24, 2.45) is 0 Å². The van der Waals surface area contributed by atoms with Crippen LogP contribution < -0.4 is 9.61 Å². The van der Waals surface area contributed by atoms with Gasteiger partial charge in [-0.15, -0.1) is 0 Å². The van der Waals surface area contributed by atoms with Crippen LogP contribution in [0.25, 0.3) is 0 Å². The van der Waals surface area contributed by atoms with Crippen molar-refractivity contribution in [3.05, 3.63) is 29.8 Å². The average Bonchev–Trinajstić information content (AvgIpc) is 2.39. The second-order valence-corrected chi connectivity index (χ2v) is 6.22. The molecule has 0 bridgehead atoms. The maximum Gasteiger partial charge on any atom is 0.342 e. The minimum atomic E-state index is -3.49. The highest BCUT2D eigenvalue weighted by atomic mass is 31.2. The molecule has 0 fully saturated rings. The molecule has 0 radical (unpaired) electrons. The van der Waals surface area contributed by atoms with Crippen LogP contribution in [0, 0.1) is 0 Å². The van der Waals surface area contributed by atoms with Crippen LogP contribution in [0.3, 0.4) is 0 Å². The number of benzene rings is 1. The molecular weight excluding hydrogens is 285 g/mol. The summed E-state index contributed by atoms with van der Waals surface area (Å²) in [5.74, 6) is -0.840. The Morgan fingerprint density at radius 1 is 1.40 bits per heavy atom. The van der Waals surface area contributed by atoms with Crippen molar-refractivity contribution in [1.29, 1.82) is 0 Å². The zero-order chi connectivity index (χ0) is 15.2. The highest BCUT2D eigenvalue weighted by Crippen LogP contribution is 2.43. The third kappa shape index (κ3) is 4.94. The smallest absolute Gasteiger partial charge is 0.342 e.